The van der Waals surface area contributed by atoms with E-state index in [0.717, 1.165) is 6.08 Å². The maximum absolute atomic E-state index is 13.0. The summed E-state index contributed by atoms with van der Waals surface area (Å²) in [6.45, 7) is 10.8. The van der Waals surface area contributed by atoms with Gasteiger partial charge in [-0.05, 0) is 41.4 Å². The van der Waals surface area contributed by atoms with Crippen molar-refractivity contribution >= 4 is 19.9 Å². The summed E-state index contributed by atoms with van der Waals surface area (Å²) in [6.07, 6.45) is 1.13. The first kappa shape index (κ1) is 17.6. The van der Waals surface area contributed by atoms with Crippen LogP contribution in [-0.2, 0) is 9.22 Å². The molecule has 0 saturated heterocycles. The molecule has 0 bridgehead atoms. The zero-order chi connectivity index (χ0) is 16.3. The first-order valence-corrected chi connectivity index (χ1v) is 9.77. The highest BCUT2D eigenvalue weighted by Gasteiger charge is 2.37. The molecule has 0 saturated carbocycles. The lowest BCUT2D eigenvalue weighted by molar-refractivity contribution is -0.131. The van der Waals surface area contributed by atoms with E-state index in [0.29, 0.717) is 11.1 Å². The molecule has 116 valence electrons. The average Bonchev–Trinajstić information content (AvgIpc) is 2.34. The van der Waals surface area contributed by atoms with E-state index in [1.54, 1.807) is 12.1 Å². The summed E-state index contributed by atoms with van der Waals surface area (Å²) < 4.78 is 19.0. The van der Waals surface area contributed by atoms with Gasteiger partial charge in [0.15, 0.2) is 8.32 Å². The van der Waals surface area contributed by atoms with E-state index in [-0.39, 0.29) is 17.5 Å². The van der Waals surface area contributed by atoms with E-state index < -0.39 is 14.3 Å². The lowest BCUT2D eigenvalue weighted by Gasteiger charge is -2.36. The van der Waals surface area contributed by atoms with Gasteiger partial charge in [-0.15, -0.1) is 0 Å². The lowest BCUT2D eigenvalue weighted by Crippen LogP contribution is -2.41. The van der Waals surface area contributed by atoms with Crippen LogP contribution < -0.4 is 0 Å². The van der Waals surface area contributed by atoms with Gasteiger partial charge in [0.2, 0.25) is 0 Å². The molecule has 3 nitrogen and oxygen atoms in total. The summed E-state index contributed by atoms with van der Waals surface area (Å²) in [5, 5.41) is 9.04. The third-order valence-corrected chi connectivity index (χ3v) is 8.39. The first-order chi connectivity index (χ1) is 9.53. The maximum Gasteiger partial charge on any atom is 0.328 e. The third-order valence-electron chi connectivity index (χ3n) is 3.91. The van der Waals surface area contributed by atoms with Crippen molar-refractivity contribution in [2.24, 2.45) is 0 Å². The van der Waals surface area contributed by atoms with Crippen LogP contribution >= 0.6 is 0 Å². The van der Waals surface area contributed by atoms with E-state index in [4.69, 9.17) is 9.53 Å². The summed E-state index contributed by atoms with van der Waals surface area (Å²) >= 11 is 0. The number of carbonyl (C=O) groups is 1. The van der Waals surface area contributed by atoms with Crippen molar-refractivity contribution in [2.75, 3.05) is 6.61 Å². The number of aliphatic carboxylic acids is 1. The molecule has 0 unspecified atom stereocenters. The molecule has 0 aliphatic heterocycles. The van der Waals surface area contributed by atoms with Crippen molar-refractivity contribution in [2.45, 2.75) is 38.9 Å². The van der Waals surface area contributed by atoms with E-state index in [2.05, 4.69) is 33.9 Å². The average molecular weight is 310 g/mol. The molecule has 0 aromatic heterocycles. The van der Waals surface area contributed by atoms with Crippen LogP contribution in [-0.4, -0.2) is 26.0 Å². The molecule has 0 spiro atoms. The predicted molar refractivity (Wildman–Crippen MR) is 85.2 cm³/mol. The fraction of sp³-hybridized carbons (Fsp3) is 0.438. The number of benzene rings is 1. The largest absolute Gasteiger partial charge is 0.478 e. The molecular formula is C16H23FO3Si. The summed E-state index contributed by atoms with van der Waals surface area (Å²) in [5.41, 5.74) is 1.21. The van der Waals surface area contributed by atoms with Crippen LogP contribution in [0.5, 0.6) is 0 Å². The first-order valence-electron chi connectivity index (χ1n) is 6.86. The second-order valence-corrected chi connectivity index (χ2v) is 11.4. The SMILES string of the molecule is CC(C)(C)[Si](C)(C)OCC(=CC(=O)O)c1ccc(F)cc1. The minimum atomic E-state index is -1.97. The van der Waals surface area contributed by atoms with Crippen LogP contribution in [0.1, 0.15) is 26.3 Å². The van der Waals surface area contributed by atoms with Gasteiger partial charge in [0, 0.05) is 6.08 Å². The van der Waals surface area contributed by atoms with Crippen LogP contribution in [0.25, 0.3) is 5.57 Å². The number of rotatable bonds is 5. The summed E-state index contributed by atoms with van der Waals surface area (Å²) in [5.74, 6) is -1.38. The van der Waals surface area contributed by atoms with Crippen molar-refractivity contribution in [3.63, 3.8) is 0 Å². The monoisotopic (exact) mass is 310 g/mol. The van der Waals surface area contributed by atoms with Crippen molar-refractivity contribution in [3.05, 3.63) is 41.7 Å². The fourth-order valence-corrected chi connectivity index (χ4v) is 2.45. The Labute approximate surface area is 126 Å². The molecule has 0 atom stereocenters. The number of carboxylic acids is 1. The van der Waals surface area contributed by atoms with Crippen molar-refractivity contribution in [1.82, 2.24) is 0 Å². The molecule has 0 heterocycles. The predicted octanol–water partition coefficient (Wildman–Crippen LogP) is 4.32. The van der Waals surface area contributed by atoms with Gasteiger partial charge in [-0.25, -0.2) is 9.18 Å². The Balaban J connectivity index is 2.97. The zero-order valence-corrected chi connectivity index (χ0v) is 14.2. The zero-order valence-electron chi connectivity index (χ0n) is 13.2. The number of hydrogen-bond acceptors (Lipinski definition) is 2. The van der Waals surface area contributed by atoms with E-state index in [9.17, 15) is 9.18 Å². The lowest BCUT2D eigenvalue weighted by atomic mass is 10.1. The van der Waals surface area contributed by atoms with Gasteiger partial charge in [-0.1, -0.05) is 32.9 Å². The summed E-state index contributed by atoms with van der Waals surface area (Å²) in [4.78, 5) is 11.0. The van der Waals surface area contributed by atoms with E-state index >= 15 is 0 Å². The Morgan fingerprint density at radius 3 is 2.24 bits per heavy atom. The third kappa shape index (κ3) is 5.10. The molecule has 1 aromatic rings. The highest BCUT2D eigenvalue weighted by atomic mass is 28.4. The number of halogens is 1. The fourth-order valence-electron chi connectivity index (χ4n) is 1.50. The van der Waals surface area contributed by atoms with Crippen LogP contribution in [0.15, 0.2) is 30.3 Å². The van der Waals surface area contributed by atoms with Gasteiger partial charge in [0.1, 0.15) is 5.82 Å². The Hall–Kier alpha value is -1.46. The molecule has 0 fully saturated rings. The smallest absolute Gasteiger partial charge is 0.328 e. The van der Waals surface area contributed by atoms with Crippen LogP contribution in [0.3, 0.4) is 0 Å². The highest BCUT2D eigenvalue weighted by molar-refractivity contribution is 6.74. The van der Waals surface area contributed by atoms with Crippen molar-refractivity contribution in [3.8, 4) is 0 Å². The normalized spacial score (nSPS) is 13.3. The second-order valence-electron chi connectivity index (χ2n) is 6.56. The molecule has 1 N–H and O–H groups in total. The maximum atomic E-state index is 13.0. The van der Waals surface area contributed by atoms with Gasteiger partial charge < -0.3 is 9.53 Å². The Morgan fingerprint density at radius 1 is 1.29 bits per heavy atom. The number of hydrogen-bond donors (Lipinski definition) is 1. The molecule has 5 heteroatoms. The van der Waals surface area contributed by atoms with Crippen LogP contribution in [0.4, 0.5) is 4.39 Å². The quantitative estimate of drug-likeness (QED) is 0.651. The second kappa shape index (κ2) is 6.53. The van der Waals surface area contributed by atoms with Gasteiger partial charge in [-0.3, -0.25) is 0 Å². The Bertz CT molecular complexity index is 527. The van der Waals surface area contributed by atoms with Crippen molar-refractivity contribution in [1.29, 1.82) is 0 Å². The Kier molecular flexibility index (Phi) is 5.47. The molecule has 21 heavy (non-hydrogen) atoms. The van der Waals surface area contributed by atoms with Gasteiger partial charge in [-0.2, -0.15) is 0 Å². The summed E-state index contributed by atoms with van der Waals surface area (Å²) in [6, 6.07) is 5.77. The number of carboxylic acid groups (broad SMARTS) is 1. The molecule has 1 aromatic carbocycles. The molecule has 1 rings (SSSR count). The van der Waals surface area contributed by atoms with Gasteiger partial charge in [0.25, 0.3) is 0 Å². The molecule has 0 amide bonds. The van der Waals surface area contributed by atoms with Crippen LogP contribution in [0.2, 0.25) is 18.1 Å². The minimum Gasteiger partial charge on any atom is -0.478 e. The molecule has 0 radical (unpaired) electrons. The molecular weight excluding hydrogens is 287 g/mol. The van der Waals surface area contributed by atoms with E-state index in [1.165, 1.54) is 12.1 Å². The standard InChI is InChI=1S/C16H23FO3Si/c1-16(2,3)21(4,5)20-11-13(10-15(18)19)12-6-8-14(17)9-7-12/h6-10H,11H2,1-5H3,(H,18,19). The van der Waals surface area contributed by atoms with E-state index in [1.807, 2.05) is 0 Å². The van der Waals surface area contributed by atoms with Crippen molar-refractivity contribution < 1.29 is 18.7 Å². The summed E-state index contributed by atoms with van der Waals surface area (Å²) in [7, 11) is -1.97. The minimum absolute atomic E-state index is 0.0458. The van der Waals surface area contributed by atoms with Gasteiger partial charge >= 0.3 is 5.97 Å². The highest BCUT2D eigenvalue weighted by Crippen LogP contribution is 2.37. The topological polar surface area (TPSA) is 46.5 Å². The molecule has 0 aliphatic rings. The molecule has 0 aliphatic carbocycles. The van der Waals surface area contributed by atoms with Crippen LogP contribution in [0, 0.1) is 5.82 Å². The Morgan fingerprint density at radius 2 is 1.81 bits per heavy atom. The van der Waals surface area contributed by atoms with Gasteiger partial charge in [0.05, 0.1) is 6.61 Å².